The van der Waals surface area contributed by atoms with Crippen LogP contribution in [0.3, 0.4) is 0 Å². The Morgan fingerprint density at radius 3 is 2.35 bits per heavy atom. The molecule has 0 bridgehead atoms. The first kappa shape index (κ1) is 19.7. The zero-order valence-corrected chi connectivity index (χ0v) is 15.7. The number of rotatable bonds is 6. The molecule has 130 valence electrons. The Hall–Kier alpha value is -1.31. The van der Waals surface area contributed by atoms with E-state index < -0.39 is 15.6 Å². The van der Waals surface area contributed by atoms with Gasteiger partial charge < -0.3 is 10.6 Å². The van der Waals surface area contributed by atoms with Gasteiger partial charge in [0.2, 0.25) is 10.0 Å². The summed E-state index contributed by atoms with van der Waals surface area (Å²) in [5.74, 6) is 0.593. The molecule has 1 rings (SSSR count). The summed E-state index contributed by atoms with van der Waals surface area (Å²) < 4.78 is 25.3. The van der Waals surface area contributed by atoms with Gasteiger partial charge in [0, 0.05) is 24.2 Å². The molecule has 0 saturated heterocycles. The van der Waals surface area contributed by atoms with Gasteiger partial charge in [-0.15, -0.1) is 0 Å². The van der Waals surface area contributed by atoms with Gasteiger partial charge in [-0.05, 0) is 38.5 Å². The van der Waals surface area contributed by atoms with E-state index in [1.54, 1.807) is 20.9 Å². The maximum atomic E-state index is 11.4. The molecule has 23 heavy (non-hydrogen) atoms. The molecule has 0 heterocycles. The van der Waals surface area contributed by atoms with Crippen molar-refractivity contribution in [3.63, 3.8) is 0 Å². The lowest BCUT2D eigenvalue weighted by molar-refractivity contribution is 0.445. The van der Waals surface area contributed by atoms with E-state index >= 15 is 0 Å². The average molecular weight is 361 g/mol. The number of hydrogen-bond donors (Lipinski definition) is 3. The summed E-state index contributed by atoms with van der Waals surface area (Å²) in [6.45, 7) is 6.01. The lowest BCUT2D eigenvalue weighted by Crippen LogP contribution is -2.53. The molecule has 8 heteroatoms. The van der Waals surface area contributed by atoms with Crippen molar-refractivity contribution >= 4 is 27.6 Å². The molecular weight excluding hydrogens is 336 g/mol. The topological polar surface area (TPSA) is 82.6 Å². The Kier molecular flexibility index (Phi) is 6.85. The van der Waals surface area contributed by atoms with Crippen LogP contribution in [0.1, 0.15) is 32.4 Å². The maximum Gasteiger partial charge on any atom is 0.209 e. The van der Waals surface area contributed by atoms with Crippen molar-refractivity contribution in [3.8, 4) is 0 Å². The summed E-state index contributed by atoms with van der Waals surface area (Å²) in [5, 5.41) is 7.08. The number of sulfonamides is 1. The number of halogens is 1. The Bertz CT molecular complexity index is 642. The minimum Gasteiger partial charge on any atom is -0.355 e. The first-order valence-electron chi connectivity index (χ1n) is 7.24. The van der Waals surface area contributed by atoms with E-state index in [1.165, 1.54) is 0 Å². The van der Waals surface area contributed by atoms with Gasteiger partial charge in [-0.2, -0.15) is 0 Å². The van der Waals surface area contributed by atoms with Gasteiger partial charge in [-0.25, -0.2) is 13.1 Å². The molecule has 0 radical (unpaired) electrons. The normalized spacial score (nSPS) is 14.4. The lowest BCUT2D eigenvalue weighted by Gasteiger charge is -2.27. The number of benzene rings is 1. The summed E-state index contributed by atoms with van der Waals surface area (Å²) in [5.41, 5.74) is 0.445. The van der Waals surface area contributed by atoms with Crippen LogP contribution in [0.4, 0.5) is 0 Å². The summed E-state index contributed by atoms with van der Waals surface area (Å²) in [7, 11) is -1.60. The van der Waals surface area contributed by atoms with Crippen molar-refractivity contribution in [3.05, 3.63) is 34.9 Å². The highest BCUT2D eigenvalue weighted by molar-refractivity contribution is 7.88. The van der Waals surface area contributed by atoms with Gasteiger partial charge in [-0.3, -0.25) is 4.99 Å². The van der Waals surface area contributed by atoms with E-state index in [0.29, 0.717) is 17.5 Å². The highest BCUT2D eigenvalue weighted by Crippen LogP contribution is 2.15. The van der Waals surface area contributed by atoms with Crippen LogP contribution >= 0.6 is 11.6 Å². The number of hydrogen-bond acceptors (Lipinski definition) is 3. The maximum absolute atomic E-state index is 11.4. The second-order valence-electron chi connectivity index (χ2n) is 6.10. The molecular formula is C15H25ClN4O2S. The number of nitrogens with zero attached hydrogens (tertiary/aromatic N) is 1. The van der Waals surface area contributed by atoms with Crippen molar-refractivity contribution in [2.24, 2.45) is 4.99 Å². The van der Waals surface area contributed by atoms with Crippen LogP contribution in [0.25, 0.3) is 0 Å². The summed E-state index contributed by atoms with van der Waals surface area (Å²) in [6, 6.07) is 7.60. The van der Waals surface area contributed by atoms with E-state index in [2.05, 4.69) is 20.3 Å². The summed E-state index contributed by atoms with van der Waals surface area (Å²) in [4.78, 5) is 4.16. The predicted octanol–water partition coefficient (Wildman–Crippen LogP) is 1.89. The van der Waals surface area contributed by atoms with E-state index in [4.69, 9.17) is 11.6 Å². The van der Waals surface area contributed by atoms with Crippen molar-refractivity contribution in [2.45, 2.75) is 32.4 Å². The highest BCUT2D eigenvalue weighted by Gasteiger charge is 2.22. The molecule has 1 aromatic rings. The zero-order chi connectivity index (χ0) is 17.7. The number of guanidine groups is 1. The van der Waals surface area contributed by atoms with E-state index in [9.17, 15) is 8.42 Å². The molecule has 3 N–H and O–H groups in total. The average Bonchev–Trinajstić information content (AvgIpc) is 2.41. The molecule has 0 aromatic heterocycles. The molecule has 1 unspecified atom stereocenters. The molecule has 0 aliphatic rings. The van der Waals surface area contributed by atoms with Gasteiger partial charge in [0.25, 0.3) is 0 Å². The summed E-state index contributed by atoms with van der Waals surface area (Å²) in [6.07, 6.45) is 1.14. The van der Waals surface area contributed by atoms with Crippen LogP contribution in [-0.2, 0) is 10.0 Å². The minimum absolute atomic E-state index is 0.0319. The first-order chi connectivity index (χ1) is 10.5. The zero-order valence-electron chi connectivity index (χ0n) is 14.1. The molecule has 0 spiro atoms. The number of aliphatic imine (C=N–C) groups is 1. The second kappa shape index (κ2) is 7.99. The van der Waals surface area contributed by atoms with Crippen molar-refractivity contribution in [1.29, 1.82) is 0 Å². The summed E-state index contributed by atoms with van der Waals surface area (Å²) >= 11 is 5.89. The quantitative estimate of drug-likeness (QED) is 0.534. The lowest BCUT2D eigenvalue weighted by atomic mass is 10.1. The predicted molar refractivity (Wildman–Crippen MR) is 96.4 cm³/mol. The largest absolute Gasteiger partial charge is 0.355 e. The second-order valence-corrected chi connectivity index (χ2v) is 8.29. The molecule has 1 atom stereocenters. The smallest absolute Gasteiger partial charge is 0.209 e. The van der Waals surface area contributed by atoms with Crippen LogP contribution in [0.2, 0.25) is 5.02 Å². The van der Waals surface area contributed by atoms with Gasteiger partial charge in [-0.1, -0.05) is 23.7 Å². The Morgan fingerprint density at radius 2 is 1.87 bits per heavy atom. The van der Waals surface area contributed by atoms with Crippen LogP contribution in [-0.4, -0.2) is 39.8 Å². The van der Waals surface area contributed by atoms with Crippen molar-refractivity contribution in [2.75, 3.05) is 19.8 Å². The van der Waals surface area contributed by atoms with Gasteiger partial charge in [0.1, 0.15) is 0 Å². The molecule has 0 amide bonds. The molecule has 0 aliphatic carbocycles. The Morgan fingerprint density at radius 1 is 1.30 bits per heavy atom. The molecule has 0 aliphatic heterocycles. The fraction of sp³-hybridized carbons (Fsp3) is 0.533. The highest BCUT2D eigenvalue weighted by atomic mass is 35.5. The van der Waals surface area contributed by atoms with E-state index in [-0.39, 0.29) is 6.04 Å². The van der Waals surface area contributed by atoms with Crippen LogP contribution in [0.5, 0.6) is 0 Å². The van der Waals surface area contributed by atoms with Crippen LogP contribution < -0.4 is 15.4 Å². The van der Waals surface area contributed by atoms with Gasteiger partial charge >= 0.3 is 0 Å². The van der Waals surface area contributed by atoms with Gasteiger partial charge in [0.15, 0.2) is 5.96 Å². The van der Waals surface area contributed by atoms with E-state index in [1.807, 2.05) is 31.2 Å². The van der Waals surface area contributed by atoms with Crippen LogP contribution in [0.15, 0.2) is 29.3 Å². The van der Waals surface area contributed by atoms with E-state index in [0.717, 1.165) is 11.8 Å². The number of nitrogens with one attached hydrogen (secondary N) is 3. The third-order valence-corrected chi connectivity index (χ3v) is 4.28. The third-order valence-electron chi connectivity index (χ3n) is 3.11. The fourth-order valence-electron chi connectivity index (χ4n) is 2.08. The molecule has 6 nitrogen and oxygen atoms in total. The Balaban J connectivity index is 2.63. The SMILES string of the molecule is CN=C(NCC(C)(C)NS(C)(=O)=O)NC(C)c1ccc(Cl)cc1. The van der Waals surface area contributed by atoms with Gasteiger partial charge in [0.05, 0.1) is 12.3 Å². The molecule has 0 fully saturated rings. The monoisotopic (exact) mass is 360 g/mol. The third kappa shape index (κ3) is 7.67. The molecule has 0 saturated carbocycles. The standard InChI is InChI=1S/C15H25ClN4O2S/c1-11(12-6-8-13(16)9-7-12)19-14(17-4)18-10-15(2,3)20-23(5,21)22/h6-9,11,20H,10H2,1-5H3,(H2,17,18,19). The van der Waals surface area contributed by atoms with Crippen LogP contribution in [0, 0.1) is 0 Å². The van der Waals surface area contributed by atoms with Crippen molar-refractivity contribution < 1.29 is 8.42 Å². The van der Waals surface area contributed by atoms with Crippen molar-refractivity contribution in [1.82, 2.24) is 15.4 Å². The Labute approximate surface area is 143 Å². The molecule has 1 aromatic carbocycles. The first-order valence-corrected chi connectivity index (χ1v) is 9.51. The minimum atomic E-state index is -3.27. The fourth-order valence-corrected chi connectivity index (χ4v) is 3.28.